The molecule has 0 saturated heterocycles. The van der Waals surface area contributed by atoms with E-state index in [0.717, 1.165) is 11.4 Å². The number of hydrogen-bond donors (Lipinski definition) is 0. The van der Waals surface area contributed by atoms with Crippen LogP contribution in [0.5, 0.6) is 0 Å². The molecule has 1 heterocycles. The highest BCUT2D eigenvalue weighted by molar-refractivity contribution is 5.91. The molecule has 0 spiro atoms. The zero-order valence-corrected chi connectivity index (χ0v) is 12.1. The smallest absolute Gasteiger partial charge is 0.0716 e. The van der Waals surface area contributed by atoms with Gasteiger partial charge in [0.05, 0.1) is 11.4 Å². The van der Waals surface area contributed by atoms with Crippen LogP contribution >= 0.6 is 0 Å². The van der Waals surface area contributed by atoms with Crippen molar-refractivity contribution in [1.29, 1.82) is 0 Å². The van der Waals surface area contributed by atoms with E-state index >= 15 is 0 Å². The van der Waals surface area contributed by atoms with Gasteiger partial charge in [-0.1, -0.05) is 39.8 Å². The largest absolute Gasteiger partial charge is 0.248 e. The van der Waals surface area contributed by atoms with Crippen molar-refractivity contribution in [2.45, 2.75) is 39.5 Å². The van der Waals surface area contributed by atoms with E-state index in [4.69, 9.17) is 5.32 Å². The molecule has 0 amide bonds. The lowest BCUT2D eigenvalue weighted by Gasteiger charge is -2.09. The molecule has 0 aromatic heterocycles. The van der Waals surface area contributed by atoms with Crippen molar-refractivity contribution < 1.29 is 0 Å². The van der Waals surface area contributed by atoms with E-state index in [2.05, 4.69) is 64.1 Å². The summed E-state index contributed by atoms with van der Waals surface area (Å²) in [6.45, 7) is 8.94. The molecule has 1 aliphatic heterocycles. The first-order valence-electron chi connectivity index (χ1n) is 7.06. The Labute approximate surface area is 115 Å². The summed E-state index contributed by atoms with van der Waals surface area (Å²) in [6.07, 6.45) is 0. The van der Waals surface area contributed by atoms with Crippen molar-refractivity contribution in [3.05, 3.63) is 47.5 Å². The fourth-order valence-electron chi connectivity index (χ4n) is 2.58. The van der Waals surface area contributed by atoms with E-state index in [1.165, 1.54) is 22.3 Å². The minimum absolute atomic E-state index is 0.558. The van der Waals surface area contributed by atoms with Gasteiger partial charge in [0.2, 0.25) is 0 Å². The molecule has 1 heteroatoms. The van der Waals surface area contributed by atoms with Crippen molar-refractivity contribution in [2.24, 2.45) is 0 Å². The molecular formula is C18H20N. The van der Waals surface area contributed by atoms with Gasteiger partial charge < -0.3 is 0 Å². The molecule has 0 atom stereocenters. The Morgan fingerprint density at radius 1 is 0.684 bits per heavy atom. The van der Waals surface area contributed by atoms with Crippen LogP contribution in [0.4, 0.5) is 11.4 Å². The molecule has 1 radical (unpaired) electrons. The number of hydrogen-bond acceptors (Lipinski definition) is 0. The van der Waals surface area contributed by atoms with E-state index in [9.17, 15) is 0 Å². The molecule has 2 aromatic rings. The Bertz CT molecular complexity index is 568. The van der Waals surface area contributed by atoms with Crippen LogP contribution in [-0.4, -0.2) is 0 Å². The van der Waals surface area contributed by atoms with Crippen molar-refractivity contribution in [1.82, 2.24) is 5.32 Å². The zero-order valence-electron chi connectivity index (χ0n) is 12.1. The average Bonchev–Trinajstić information content (AvgIpc) is 2.75. The molecule has 2 aromatic carbocycles. The Morgan fingerprint density at radius 2 is 1.11 bits per heavy atom. The van der Waals surface area contributed by atoms with Gasteiger partial charge in [0.25, 0.3) is 0 Å². The lowest BCUT2D eigenvalue weighted by atomic mass is 9.94. The second kappa shape index (κ2) is 4.41. The van der Waals surface area contributed by atoms with Gasteiger partial charge in [-0.2, -0.15) is 0 Å². The van der Waals surface area contributed by atoms with Crippen molar-refractivity contribution in [3.63, 3.8) is 0 Å². The Balaban J connectivity index is 2.14. The lowest BCUT2D eigenvalue weighted by molar-refractivity contribution is 0.866. The maximum atomic E-state index is 4.72. The fourth-order valence-corrected chi connectivity index (χ4v) is 2.58. The first-order chi connectivity index (χ1) is 9.06. The maximum Gasteiger partial charge on any atom is 0.0716 e. The summed E-state index contributed by atoms with van der Waals surface area (Å²) in [5, 5.41) is 4.72. The van der Waals surface area contributed by atoms with E-state index in [0.29, 0.717) is 11.8 Å². The van der Waals surface area contributed by atoms with Gasteiger partial charge in [0, 0.05) is 11.1 Å². The number of rotatable bonds is 2. The highest BCUT2D eigenvalue weighted by Gasteiger charge is 2.21. The van der Waals surface area contributed by atoms with Crippen LogP contribution in [-0.2, 0) is 0 Å². The predicted octanol–water partition coefficient (Wildman–Crippen LogP) is 5.48. The summed E-state index contributed by atoms with van der Waals surface area (Å²) in [6, 6.07) is 13.3. The summed E-state index contributed by atoms with van der Waals surface area (Å²) >= 11 is 0. The van der Waals surface area contributed by atoms with Gasteiger partial charge in [-0.3, -0.25) is 0 Å². The van der Waals surface area contributed by atoms with Crippen LogP contribution in [0.2, 0.25) is 0 Å². The van der Waals surface area contributed by atoms with Gasteiger partial charge >= 0.3 is 0 Å². The van der Waals surface area contributed by atoms with Crippen molar-refractivity contribution in [2.75, 3.05) is 0 Å². The molecular weight excluding hydrogens is 230 g/mol. The van der Waals surface area contributed by atoms with Crippen LogP contribution in [0.15, 0.2) is 36.4 Å². The first-order valence-corrected chi connectivity index (χ1v) is 7.06. The Kier molecular flexibility index (Phi) is 2.85. The number of benzene rings is 2. The highest BCUT2D eigenvalue weighted by Crippen LogP contribution is 2.44. The molecule has 0 fully saturated rings. The molecule has 0 saturated carbocycles. The highest BCUT2D eigenvalue weighted by atomic mass is 14.9. The third kappa shape index (κ3) is 2.03. The third-order valence-electron chi connectivity index (χ3n) is 3.91. The third-order valence-corrected chi connectivity index (χ3v) is 3.91. The van der Waals surface area contributed by atoms with Crippen LogP contribution in [0, 0.1) is 0 Å². The van der Waals surface area contributed by atoms with Gasteiger partial charge in [-0.05, 0) is 47.2 Å². The van der Waals surface area contributed by atoms with Crippen LogP contribution in [0.3, 0.4) is 0 Å². The van der Waals surface area contributed by atoms with Crippen LogP contribution in [0.25, 0.3) is 11.1 Å². The molecule has 97 valence electrons. The van der Waals surface area contributed by atoms with Crippen molar-refractivity contribution >= 4 is 11.4 Å². The van der Waals surface area contributed by atoms with Crippen molar-refractivity contribution in [3.8, 4) is 11.1 Å². The number of fused-ring (bicyclic) bond motifs is 3. The van der Waals surface area contributed by atoms with E-state index in [1.54, 1.807) is 0 Å². The zero-order chi connectivity index (χ0) is 13.6. The summed E-state index contributed by atoms with van der Waals surface area (Å²) in [7, 11) is 0. The first kappa shape index (κ1) is 12.3. The molecule has 0 aliphatic carbocycles. The monoisotopic (exact) mass is 250 g/mol. The van der Waals surface area contributed by atoms with E-state index in [1.807, 2.05) is 0 Å². The minimum atomic E-state index is 0.558. The van der Waals surface area contributed by atoms with Gasteiger partial charge in [-0.15, -0.1) is 0 Å². The van der Waals surface area contributed by atoms with E-state index in [-0.39, 0.29) is 0 Å². The molecule has 19 heavy (non-hydrogen) atoms. The molecule has 1 nitrogen and oxygen atoms in total. The average molecular weight is 250 g/mol. The topological polar surface area (TPSA) is 14.1 Å². The Morgan fingerprint density at radius 3 is 1.47 bits per heavy atom. The second-order valence-corrected chi connectivity index (χ2v) is 5.97. The fraction of sp³-hybridized carbons (Fsp3) is 0.333. The second-order valence-electron chi connectivity index (χ2n) is 5.97. The van der Waals surface area contributed by atoms with Crippen LogP contribution in [0.1, 0.15) is 50.7 Å². The summed E-state index contributed by atoms with van der Waals surface area (Å²) in [5.74, 6) is 1.12. The summed E-state index contributed by atoms with van der Waals surface area (Å²) < 4.78 is 0. The quantitative estimate of drug-likeness (QED) is 0.571. The SMILES string of the molecule is CC(C)c1ccc2c(c1)-c1cc(C(C)C)ccc1[N]2. The predicted molar refractivity (Wildman–Crippen MR) is 81.5 cm³/mol. The molecule has 0 unspecified atom stereocenters. The minimum Gasteiger partial charge on any atom is -0.248 e. The van der Waals surface area contributed by atoms with Gasteiger partial charge in [0.15, 0.2) is 0 Å². The Hall–Kier alpha value is -1.76. The standard InChI is InChI=1S/C18H20N/c1-11(2)13-5-7-17-15(9-13)16-10-14(12(3)4)6-8-18(16)19-17/h5-12H,1-4H3. The maximum absolute atomic E-state index is 4.72. The normalized spacial score (nSPS) is 12.5. The van der Waals surface area contributed by atoms with Gasteiger partial charge in [0.1, 0.15) is 0 Å². The lowest BCUT2D eigenvalue weighted by Crippen LogP contribution is -1.88. The van der Waals surface area contributed by atoms with Crippen LogP contribution < -0.4 is 5.32 Å². The molecule has 1 aliphatic rings. The molecule has 0 bridgehead atoms. The van der Waals surface area contributed by atoms with Gasteiger partial charge in [-0.25, -0.2) is 5.32 Å². The number of nitrogens with zero attached hydrogens (tertiary/aromatic N) is 1. The summed E-state index contributed by atoms with van der Waals surface area (Å²) in [5.41, 5.74) is 7.58. The summed E-state index contributed by atoms with van der Waals surface area (Å²) in [4.78, 5) is 0. The molecule has 0 N–H and O–H groups in total. The molecule has 3 rings (SSSR count). The van der Waals surface area contributed by atoms with E-state index < -0.39 is 0 Å².